The van der Waals surface area contributed by atoms with Crippen molar-refractivity contribution in [3.05, 3.63) is 53.6 Å². The van der Waals surface area contributed by atoms with E-state index in [4.69, 9.17) is 4.74 Å². The van der Waals surface area contributed by atoms with E-state index in [-0.39, 0.29) is 11.9 Å². The van der Waals surface area contributed by atoms with Crippen molar-refractivity contribution in [1.82, 2.24) is 20.2 Å². The van der Waals surface area contributed by atoms with Crippen molar-refractivity contribution < 1.29 is 9.53 Å². The van der Waals surface area contributed by atoms with E-state index in [1.165, 1.54) is 0 Å². The van der Waals surface area contributed by atoms with E-state index in [0.29, 0.717) is 18.0 Å². The molecule has 0 unspecified atom stereocenters. The molecule has 1 saturated carbocycles. The topological polar surface area (TPSA) is 67.3 Å². The average Bonchev–Trinajstić information content (AvgIpc) is 3.53. The molecule has 0 bridgehead atoms. The number of aromatic nitrogens is 2. The van der Waals surface area contributed by atoms with Gasteiger partial charge in [0.15, 0.2) is 0 Å². The third-order valence-corrected chi connectivity index (χ3v) is 4.87. The van der Waals surface area contributed by atoms with Gasteiger partial charge >= 0.3 is 0 Å². The van der Waals surface area contributed by atoms with Gasteiger partial charge in [0, 0.05) is 37.9 Å². The zero-order valence-corrected chi connectivity index (χ0v) is 14.3. The number of rotatable bonds is 4. The highest BCUT2D eigenvalue weighted by molar-refractivity contribution is 5.94. The quantitative estimate of drug-likeness (QED) is 0.925. The van der Waals surface area contributed by atoms with Crippen LogP contribution in [0.2, 0.25) is 0 Å². The summed E-state index contributed by atoms with van der Waals surface area (Å²) in [7, 11) is 1.65. The second-order valence-corrected chi connectivity index (χ2v) is 6.60. The number of nitrogens with one attached hydrogen (secondary N) is 1. The smallest absolute Gasteiger partial charge is 0.257 e. The lowest BCUT2D eigenvalue weighted by molar-refractivity contribution is 0.0633. The second-order valence-electron chi connectivity index (χ2n) is 6.60. The molecule has 1 atom stereocenters. The van der Waals surface area contributed by atoms with Crippen molar-refractivity contribution in [3.63, 3.8) is 0 Å². The number of methoxy groups -OCH3 is 1. The summed E-state index contributed by atoms with van der Waals surface area (Å²) in [6.45, 7) is 2.19. The van der Waals surface area contributed by atoms with Gasteiger partial charge in [-0.1, -0.05) is 12.1 Å². The molecule has 130 valence electrons. The standard InChI is InChI=1S/C19H22N4O2/c1-25-16-6-4-13(5-7-16)17-12-20-8-9-23(17)19(24)15-10-21-18(22-11-15)14-2-3-14/h4-7,10-11,14,17,20H,2-3,8-9,12H2,1H3/t17-/m1/s1. The zero-order valence-electron chi connectivity index (χ0n) is 14.3. The Balaban J connectivity index is 1.55. The van der Waals surface area contributed by atoms with Crippen LogP contribution in [0.5, 0.6) is 5.75 Å². The van der Waals surface area contributed by atoms with Gasteiger partial charge in [0.05, 0.1) is 18.7 Å². The molecule has 2 aliphatic rings. The third kappa shape index (κ3) is 3.35. The van der Waals surface area contributed by atoms with Gasteiger partial charge in [-0.2, -0.15) is 0 Å². The summed E-state index contributed by atoms with van der Waals surface area (Å²) in [5.74, 6) is 2.16. The van der Waals surface area contributed by atoms with Gasteiger partial charge in [-0.05, 0) is 30.5 Å². The lowest BCUT2D eigenvalue weighted by Gasteiger charge is -2.36. The highest BCUT2D eigenvalue weighted by Crippen LogP contribution is 2.37. The Morgan fingerprint density at radius 3 is 2.56 bits per heavy atom. The van der Waals surface area contributed by atoms with Crippen LogP contribution in [0, 0.1) is 0 Å². The molecule has 0 spiro atoms. The molecule has 1 aromatic carbocycles. The van der Waals surface area contributed by atoms with Gasteiger partial charge < -0.3 is 15.0 Å². The highest BCUT2D eigenvalue weighted by Gasteiger charge is 2.30. The molecule has 6 nitrogen and oxygen atoms in total. The number of piperazine rings is 1. The summed E-state index contributed by atoms with van der Waals surface area (Å²) in [5, 5.41) is 3.37. The van der Waals surface area contributed by atoms with E-state index in [9.17, 15) is 4.79 Å². The SMILES string of the molecule is COc1ccc([C@H]2CNCCN2C(=O)c2cnc(C3CC3)nc2)cc1. The van der Waals surface area contributed by atoms with Crippen LogP contribution < -0.4 is 10.1 Å². The second kappa shape index (κ2) is 6.80. The van der Waals surface area contributed by atoms with Crippen LogP contribution in [0.4, 0.5) is 0 Å². The molecule has 2 aromatic rings. The first kappa shape index (κ1) is 16.0. The van der Waals surface area contributed by atoms with Gasteiger partial charge in [0.25, 0.3) is 5.91 Å². The Morgan fingerprint density at radius 1 is 1.20 bits per heavy atom. The number of nitrogens with zero attached hydrogens (tertiary/aromatic N) is 3. The maximum atomic E-state index is 13.0. The third-order valence-electron chi connectivity index (χ3n) is 4.87. The van der Waals surface area contributed by atoms with Crippen LogP contribution in [-0.4, -0.2) is 47.5 Å². The van der Waals surface area contributed by atoms with Crippen LogP contribution in [0.25, 0.3) is 0 Å². The van der Waals surface area contributed by atoms with Gasteiger partial charge in [0.2, 0.25) is 0 Å². The van der Waals surface area contributed by atoms with E-state index >= 15 is 0 Å². The molecule has 1 aliphatic carbocycles. The molecule has 1 aromatic heterocycles. The number of hydrogen-bond acceptors (Lipinski definition) is 5. The van der Waals surface area contributed by atoms with Crippen LogP contribution in [0.3, 0.4) is 0 Å². The largest absolute Gasteiger partial charge is 0.497 e. The average molecular weight is 338 g/mol. The summed E-state index contributed by atoms with van der Waals surface area (Å²) in [6.07, 6.45) is 5.67. The van der Waals surface area contributed by atoms with Crippen molar-refractivity contribution in [3.8, 4) is 5.75 Å². The van der Waals surface area contributed by atoms with Crippen LogP contribution >= 0.6 is 0 Å². The Labute approximate surface area is 147 Å². The van der Waals surface area contributed by atoms with E-state index in [1.807, 2.05) is 29.2 Å². The van der Waals surface area contributed by atoms with Crippen LogP contribution in [-0.2, 0) is 0 Å². The fourth-order valence-corrected chi connectivity index (χ4v) is 3.24. The normalized spacial score (nSPS) is 20.4. The van der Waals surface area contributed by atoms with Crippen molar-refractivity contribution in [2.24, 2.45) is 0 Å². The first-order valence-corrected chi connectivity index (χ1v) is 8.74. The molecule has 25 heavy (non-hydrogen) atoms. The number of carbonyl (C=O) groups is 1. The zero-order chi connectivity index (χ0) is 17.2. The number of amides is 1. The Hall–Kier alpha value is -2.47. The molecule has 2 fully saturated rings. The summed E-state index contributed by atoms with van der Waals surface area (Å²) in [6, 6.07) is 7.89. The van der Waals surface area contributed by atoms with E-state index < -0.39 is 0 Å². The highest BCUT2D eigenvalue weighted by atomic mass is 16.5. The minimum Gasteiger partial charge on any atom is -0.497 e. The minimum atomic E-state index is -0.00957. The molecular weight excluding hydrogens is 316 g/mol. The molecular formula is C19H22N4O2. The first-order chi connectivity index (χ1) is 12.3. The van der Waals surface area contributed by atoms with Crippen molar-refractivity contribution in [2.75, 3.05) is 26.7 Å². The fourth-order valence-electron chi connectivity index (χ4n) is 3.24. The maximum Gasteiger partial charge on any atom is 0.257 e. The minimum absolute atomic E-state index is 0.00438. The molecule has 2 heterocycles. The maximum absolute atomic E-state index is 13.0. The van der Waals surface area contributed by atoms with Crippen molar-refractivity contribution in [1.29, 1.82) is 0 Å². The fraction of sp³-hybridized carbons (Fsp3) is 0.421. The lowest BCUT2D eigenvalue weighted by atomic mass is 10.0. The van der Waals surface area contributed by atoms with E-state index in [0.717, 1.165) is 43.1 Å². The summed E-state index contributed by atoms with van der Waals surface area (Å²) in [4.78, 5) is 23.7. The number of ether oxygens (including phenoxy) is 1. The van der Waals surface area contributed by atoms with Gasteiger partial charge in [-0.25, -0.2) is 9.97 Å². The summed E-state index contributed by atoms with van der Waals surface area (Å²) < 4.78 is 5.22. The molecule has 1 N–H and O–H groups in total. The summed E-state index contributed by atoms with van der Waals surface area (Å²) in [5.41, 5.74) is 1.65. The molecule has 6 heteroatoms. The molecule has 1 saturated heterocycles. The van der Waals surface area contributed by atoms with E-state index in [1.54, 1.807) is 19.5 Å². The Kier molecular flexibility index (Phi) is 4.36. The van der Waals surface area contributed by atoms with Crippen LogP contribution in [0.1, 0.15) is 46.5 Å². The molecule has 1 amide bonds. The predicted octanol–water partition coefficient (Wildman–Crippen LogP) is 2.15. The summed E-state index contributed by atoms with van der Waals surface area (Å²) >= 11 is 0. The molecule has 0 radical (unpaired) electrons. The van der Waals surface area contributed by atoms with Crippen LogP contribution in [0.15, 0.2) is 36.7 Å². The van der Waals surface area contributed by atoms with Gasteiger partial charge in [-0.3, -0.25) is 4.79 Å². The van der Waals surface area contributed by atoms with Gasteiger partial charge in [0.1, 0.15) is 11.6 Å². The first-order valence-electron chi connectivity index (χ1n) is 8.74. The van der Waals surface area contributed by atoms with Gasteiger partial charge in [-0.15, -0.1) is 0 Å². The lowest BCUT2D eigenvalue weighted by Crippen LogP contribution is -2.48. The number of hydrogen-bond donors (Lipinski definition) is 1. The number of carbonyl (C=O) groups excluding carboxylic acids is 1. The monoisotopic (exact) mass is 338 g/mol. The Morgan fingerprint density at radius 2 is 1.92 bits per heavy atom. The Bertz CT molecular complexity index is 741. The molecule has 1 aliphatic heterocycles. The van der Waals surface area contributed by atoms with E-state index in [2.05, 4.69) is 15.3 Å². The van der Waals surface area contributed by atoms with Crippen molar-refractivity contribution in [2.45, 2.75) is 24.8 Å². The molecule has 4 rings (SSSR count). The number of benzene rings is 1. The predicted molar refractivity (Wildman–Crippen MR) is 93.6 cm³/mol. The van der Waals surface area contributed by atoms with Crippen molar-refractivity contribution >= 4 is 5.91 Å².